The molecule has 2 nitrogen and oxygen atoms in total. The van der Waals surface area contributed by atoms with Crippen molar-refractivity contribution in [2.45, 2.75) is 49.2 Å². The minimum absolute atomic E-state index is 0.117. The summed E-state index contributed by atoms with van der Waals surface area (Å²) in [5.41, 5.74) is 1.38. The first-order valence-electron chi connectivity index (χ1n) is 8.67. The molecule has 1 N–H and O–H groups in total. The summed E-state index contributed by atoms with van der Waals surface area (Å²) in [4.78, 5) is 13.5. The molecular formula is C20H20F3NOS. The summed E-state index contributed by atoms with van der Waals surface area (Å²) in [6, 6.07) is 6.88. The van der Waals surface area contributed by atoms with Crippen LogP contribution in [0.5, 0.6) is 0 Å². The van der Waals surface area contributed by atoms with Crippen LogP contribution in [0.1, 0.15) is 48.0 Å². The van der Waals surface area contributed by atoms with Gasteiger partial charge in [0, 0.05) is 33.5 Å². The number of rotatable bonds is 4. The van der Waals surface area contributed by atoms with E-state index in [0.29, 0.717) is 10.8 Å². The Morgan fingerprint density at radius 3 is 2.35 bits per heavy atom. The Kier molecular flexibility index (Phi) is 5.91. The molecule has 2 aromatic carbocycles. The predicted molar refractivity (Wildman–Crippen MR) is 98.2 cm³/mol. The summed E-state index contributed by atoms with van der Waals surface area (Å²) in [6.07, 6.45) is 6.10. The number of carbonyl (C=O) groups is 1. The minimum atomic E-state index is -1.55. The maximum Gasteiger partial charge on any atom is 0.255 e. The van der Waals surface area contributed by atoms with Crippen molar-refractivity contribution in [1.82, 2.24) is 0 Å². The fourth-order valence-corrected chi connectivity index (χ4v) is 4.44. The molecule has 0 bridgehead atoms. The first-order chi connectivity index (χ1) is 12.4. The van der Waals surface area contributed by atoms with Gasteiger partial charge in [-0.1, -0.05) is 25.3 Å². The topological polar surface area (TPSA) is 29.1 Å². The fourth-order valence-electron chi connectivity index (χ4n) is 3.06. The van der Waals surface area contributed by atoms with Crippen molar-refractivity contribution >= 4 is 23.4 Å². The lowest BCUT2D eigenvalue weighted by atomic mass is 10.0. The molecule has 2 aromatic rings. The zero-order chi connectivity index (χ0) is 18.7. The van der Waals surface area contributed by atoms with Crippen molar-refractivity contribution in [3.05, 3.63) is 58.9 Å². The highest BCUT2D eigenvalue weighted by Gasteiger charge is 2.17. The number of carbonyl (C=O) groups excluding carboxylic acids is 1. The lowest BCUT2D eigenvalue weighted by molar-refractivity contribution is 0.102. The molecule has 138 valence electrons. The van der Waals surface area contributed by atoms with E-state index in [1.165, 1.54) is 32.1 Å². The van der Waals surface area contributed by atoms with Crippen LogP contribution in [-0.4, -0.2) is 11.2 Å². The van der Waals surface area contributed by atoms with Gasteiger partial charge in [-0.2, -0.15) is 0 Å². The molecule has 0 unspecified atom stereocenters. The van der Waals surface area contributed by atoms with E-state index in [0.717, 1.165) is 22.6 Å². The Morgan fingerprint density at radius 1 is 1.04 bits per heavy atom. The molecule has 3 rings (SSSR count). The van der Waals surface area contributed by atoms with Gasteiger partial charge in [-0.05, 0) is 37.5 Å². The van der Waals surface area contributed by atoms with E-state index < -0.39 is 23.4 Å². The van der Waals surface area contributed by atoms with Gasteiger partial charge in [0.2, 0.25) is 0 Å². The summed E-state index contributed by atoms with van der Waals surface area (Å²) in [5, 5.41) is 2.98. The summed E-state index contributed by atoms with van der Waals surface area (Å²) in [5.74, 6) is -4.71. The van der Waals surface area contributed by atoms with Crippen molar-refractivity contribution in [1.29, 1.82) is 0 Å². The second-order valence-electron chi connectivity index (χ2n) is 6.57. The van der Waals surface area contributed by atoms with E-state index in [2.05, 4.69) is 5.32 Å². The van der Waals surface area contributed by atoms with Gasteiger partial charge in [-0.15, -0.1) is 11.8 Å². The zero-order valence-corrected chi connectivity index (χ0v) is 15.3. The third kappa shape index (κ3) is 4.41. The van der Waals surface area contributed by atoms with Crippen LogP contribution in [0.4, 0.5) is 18.9 Å². The molecule has 1 fully saturated rings. The van der Waals surface area contributed by atoms with Gasteiger partial charge in [-0.25, -0.2) is 13.2 Å². The van der Waals surface area contributed by atoms with Crippen LogP contribution in [0.15, 0.2) is 35.2 Å². The molecule has 1 amide bonds. The molecular weight excluding hydrogens is 359 g/mol. The first-order valence-corrected chi connectivity index (χ1v) is 9.55. The standard InChI is InChI=1S/C20H20F3NOS/c1-12-7-8-13(9-18(12)26-15-5-3-2-4-6-15)20(25)24-14-10-16(21)19(23)17(22)11-14/h7-11,15H,2-6H2,1H3,(H,24,25). The second-order valence-corrected chi connectivity index (χ2v) is 7.91. The molecule has 0 spiro atoms. The maximum atomic E-state index is 13.3. The monoisotopic (exact) mass is 379 g/mol. The van der Waals surface area contributed by atoms with Crippen molar-refractivity contribution in [3.8, 4) is 0 Å². The van der Waals surface area contributed by atoms with Gasteiger partial charge in [0.25, 0.3) is 5.91 Å². The predicted octanol–water partition coefficient (Wildman–Crippen LogP) is 6.09. The van der Waals surface area contributed by atoms with Gasteiger partial charge in [-0.3, -0.25) is 4.79 Å². The highest BCUT2D eigenvalue weighted by atomic mass is 32.2. The minimum Gasteiger partial charge on any atom is -0.322 e. The Labute approximate surface area is 155 Å². The van der Waals surface area contributed by atoms with E-state index in [9.17, 15) is 18.0 Å². The molecule has 0 atom stereocenters. The molecule has 0 saturated heterocycles. The maximum absolute atomic E-state index is 13.3. The Bertz CT molecular complexity index is 796. The summed E-state index contributed by atoms with van der Waals surface area (Å²) < 4.78 is 39.6. The Morgan fingerprint density at radius 2 is 1.69 bits per heavy atom. The first kappa shape index (κ1) is 18.8. The van der Waals surface area contributed by atoms with Crippen LogP contribution in [0.3, 0.4) is 0 Å². The van der Waals surface area contributed by atoms with E-state index in [-0.39, 0.29) is 5.69 Å². The lowest BCUT2D eigenvalue weighted by Gasteiger charge is -2.22. The number of hydrogen-bond donors (Lipinski definition) is 1. The number of hydrogen-bond acceptors (Lipinski definition) is 2. The number of amides is 1. The van der Waals surface area contributed by atoms with Crippen LogP contribution in [-0.2, 0) is 0 Å². The smallest absolute Gasteiger partial charge is 0.255 e. The number of anilines is 1. The normalized spacial score (nSPS) is 15.1. The van der Waals surface area contributed by atoms with Gasteiger partial charge >= 0.3 is 0 Å². The molecule has 6 heteroatoms. The van der Waals surface area contributed by atoms with E-state index >= 15 is 0 Å². The van der Waals surface area contributed by atoms with Crippen LogP contribution in [0.2, 0.25) is 0 Å². The van der Waals surface area contributed by atoms with Crippen LogP contribution < -0.4 is 5.32 Å². The molecule has 26 heavy (non-hydrogen) atoms. The SMILES string of the molecule is Cc1ccc(C(=O)Nc2cc(F)c(F)c(F)c2)cc1SC1CCCCC1. The Balaban J connectivity index is 1.76. The van der Waals surface area contributed by atoms with Gasteiger partial charge in [0.1, 0.15) is 0 Å². The molecule has 0 aliphatic heterocycles. The number of halogens is 3. The number of thioether (sulfide) groups is 1. The quantitative estimate of drug-likeness (QED) is 0.651. The third-order valence-electron chi connectivity index (χ3n) is 4.54. The summed E-state index contributed by atoms with van der Waals surface area (Å²) >= 11 is 1.79. The van der Waals surface area contributed by atoms with Crippen molar-refractivity contribution in [2.24, 2.45) is 0 Å². The zero-order valence-electron chi connectivity index (χ0n) is 14.5. The summed E-state index contributed by atoms with van der Waals surface area (Å²) in [7, 11) is 0. The van der Waals surface area contributed by atoms with E-state index in [1.807, 2.05) is 13.0 Å². The third-order valence-corrected chi connectivity index (χ3v) is 6.04. The van der Waals surface area contributed by atoms with Gasteiger partial charge in [0.15, 0.2) is 17.5 Å². The number of benzene rings is 2. The second kappa shape index (κ2) is 8.16. The van der Waals surface area contributed by atoms with E-state index in [4.69, 9.17) is 0 Å². The molecule has 1 saturated carbocycles. The van der Waals surface area contributed by atoms with Gasteiger partial charge in [0.05, 0.1) is 0 Å². The van der Waals surface area contributed by atoms with E-state index in [1.54, 1.807) is 23.9 Å². The molecule has 1 aliphatic rings. The van der Waals surface area contributed by atoms with Gasteiger partial charge < -0.3 is 5.32 Å². The van der Waals surface area contributed by atoms with Crippen molar-refractivity contribution in [2.75, 3.05) is 5.32 Å². The highest BCUT2D eigenvalue weighted by Crippen LogP contribution is 2.35. The van der Waals surface area contributed by atoms with Crippen LogP contribution in [0, 0.1) is 24.4 Å². The number of nitrogens with one attached hydrogen (secondary N) is 1. The average Bonchev–Trinajstić information content (AvgIpc) is 2.62. The summed E-state index contributed by atoms with van der Waals surface area (Å²) in [6.45, 7) is 2.00. The van der Waals surface area contributed by atoms with Crippen LogP contribution >= 0.6 is 11.8 Å². The molecule has 1 aliphatic carbocycles. The van der Waals surface area contributed by atoms with Crippen molar-refractivity contribution < 1.29 is 18.0 Å². The van der Waals surface area contributed by atoms with Crippen LogP contribution in [0.25, 0.3) is 0 Å². The van der Waals surface area contributed by atoms with Crippen molar-refractivity contribution in [3.63, 3.8) is 0 Å². The lowest BCUT2D eigenvalue weighted by Crippen LogP contribution is -2.13. The largest absolute Gasteiger partial charge is 0.322 e. The average molecular weight is 379 g/mol. The highest BCUT2D eigenvalue weighted by molar-refractivity contribution is 8.00. The fraction of sp³-hybridized carbons (Fsp3) is 0.350. The Hall–Kier alpha value is -1.95. The molecule has 0 radical (unpaired) electrons. The molecule has 0 aromatic heterocycles. The number of aryl methyl sites for hydroxylation is 1. The molecule has 0 heterocycles.